The van der Waals surface area contributed by atoms with Crippen molar-refractivity contribution in [2.24, 2.45) is 10.9 Å². The maximum Gasteiger partial charge on any atom is 0.328 e. The molecule has 10 N–H and O–H groups in total. The highest BCUT2D eigenvalue weighted by atomic mass is 32.2. The average Bonchev–Trinajstić information content (AvgIpc) is 3.78. The van der Waals surface area contributed by atoms with E-state index in [2.05, 4.69) is 25.9 Å². The summed E-state index contributed by atoms with van der Waals surface area (Å²) in [5.41, 5.74) is 6.94. The fourth-order valence-corrected chi connectivity index (χ4v) is 6.81. The zero-order valence-electron chi connectivity index (χ0n) is 28.3. The molecule has 0 spiro atoms. The Bertz CT molecular complexity index is 2040. The van der Waals surface area contributed by atoms with Crippen LogP contribution in [0.5, 0.6) is 11.5 Å². The molecule has 3 heterocycles. The minimum atomic E-state index is -3.94. The maximum absolute atomic E-state index is 12.6. The van der Waals surface area contributed by atoms with Crippen LogP contribution in [-0.2, 0) is 53.6 Å². The first-order chi connectivity index (χ1) is 25.7. The van der Waals surface area contributed by atoms with E-state index in [1.165, 1.54) is 10.9 Å². The number of hydrogen-bond acceptors (Lipinski definition) is 17. The van der Waals surface area contributed by atoms with Gasteiger partial charge in [-0.2, -0.15) is 0 Å². The van der Waals surface area contributed by atoms with E-state index in [0.29, 0.717) is 33.0 Å². The number of carboxylic acids is 1. The number of carbonyl (C=O) groups excluding carboxylic acids is 2. The molecule has 54 heavy (non-hydrogen) atoms. The molecule has 1 fully saturated rings. The lowest BCUT2D eigenvalue weighted by Crippen LogP contribution is -2.63. The number of nitrogens with one attached hydrogen (secondary N) is 2. The van der Waals surface area contributed by atoms with Gasteiger partial charge in [-0.1, -0.05) is 17.3 Å². The summed E-state index contributed by atoms with van der Waals surface area (Å²) < 4.78 is 46.9. The van der Waals surface area contributed by atoms with Crippen LogP contribution in [0.15, 0.2) is 53.0 Å². The van der Waals surface area contributed by atoms with Crippen molar-refractivity contribution in [2.75, 3.05) is 26.3 Å². The molecule has 0 saturated carbocycles. The summed E-state index contributed by atoms with van der Waals surface area (Å²) in [7, 11) is -3.94. The molecule has 0 aliphatic carbocycles. The number of sulfonamides is 1. The number of ether oxygens (including phenoxy) is 4. The van der Waals surface area contributed by atoms with Crippen LogP contribution in [0.2, 0.25) is 0 Å². The molecular weight excluding hydrogens is 757 g/mol. The third-order valence-electron chi connectivity index (χ3n) is 7.82. The van der Waals surface area contributed by atoms with E-state index >= 15 is 0 Å². The summed E-state index contributed by atoms with van der Waals surface area (Å²) in [6.07, 6.45) is -5.70. The zero-order chi connectivity index (χ0) is 39.0. The fraction of sp³-hybridized carbons (Fsp3) is 0.419. The minimum absolute atomic E-state index is 0.0142. The van der Waals surface area contributed by atoms with Crippen molar-refractivity contribution in [1.29, 1.82) is 0 Å². The Morgan fingerprint density at radius 1 is 1.04 bits per heavy atom. The van der Waals surface area contributed by atoms with Gasteiger partial charge in [0.15, 0.2) is 12.1 Å². The first-order valence-electron chi connectivity index (χ1n) is 16.2. The van der Waals surface area contributed by atoms with E-state index in [1.807, 2.05) is 0 Å². The first kappa shape index (κ1) is 40.3. The average molecular weight is 795 g/mol. The molecule has 21 nitrogen and oxygen atoms in total. The van der Waals surface area contributed by atoms with Gasteiger partial charge in [-0.3, -0.25) is 9.59 Å². The Balaban J connectivity index is 1.02. The smallest absolute Gasteiger partial charge is 0.328 e. The highest BCUT2D eigenvalue weighted by Gasteiger charge is 2.46. The second-order valence-electron chi connectivity index (χ2n) is 11.9. The number of aromatic nitrogens is 4. The first-order valence-corrected chi connectivity index (χ1v) is 18.5. The van der Waals surface area contributed by atoms with Gasteiger partial charge >= 0.3 is 5.97 Å². The Kier molecular flexibility index (Phi) is 13.4. The van der Waals surface area contributed by atoms with Gasteiger partial charge in [0.2, 0.25) is 10.2 Å². The van der Waals surface area contributed by atoms with Crippen LogP contribution in [0.4, 0.5) is 0 Å². The molecule has 6 unspecified atom stereocenters. The van der Waals surface area contributed by atoms with E-state index in [4.69, 9.17) is 29.8 Å². The number of carboxylic acid groups (broad SMARTS) is 1. The predicted octanol–water partition coefficient (Wildman–Crippen LogP) is -2.80. The zero-order valence-corrected chi connectivity index (χ0v) is 29.9. The molecule has 23 heteroatoms. The number of fused-ring (bicyclic) bond motifs is 1. The van der Waals surface area contributed by atoms with E-state index in [-0.39, 0.29) is 50.4 Å². The van der Waals surface area contributed by atoms with E-state index in [9.17, 15) is 43.2 Å². The number of nitrogens with two attached hydrogens (primary N) is 2. The van der Waals surface area contributed by atoms with Crippen LogP contribution >= 0.6 is 11.3 Å². The number of aliphatic hydroxyl groups excluding tert-OH is 3. The second-order valence-corrected chi connectivity index (χ2v) is 14.7. The number of benzene rings is 2. The molecule has 0 bridgehead atoms. The fourth-order valence-electron chi connectivity index (χ4n) is 5.12. The summed E-state index contributed by atoms with van der Waals surface area (Å²) in [4.78, 5) is 40.9. The van der Waals surface area contributed by atoms with Gasteiger partial charge in [-0.15, -0.1) is 16.4 Å². The number of primary sulfonamides is 1. The summed E-state index contributed by atoms with van der Waals surface area (Å²) in [6, 6.07) is 10.1. The monoisotopic (exact) mass is 794 g/mol. The third-order valence-corrected chi connectivity index (χ3v) is 10.2. The van der Waals surface area contributed by atoms with E-state index < -0.39 is 64.4 Å². The molecule has 2 aromatic heterocycles. The third kappa shape index (κ3) is 10.6. The number of hydrogen-bond donors (Lipinski definition) is 8. The summed E-state index contributed by atoms with van der Waals surface area (Å²) >= 11 is 0.902. The summed E-state index contributed by atoms with van der Waals surface area (Å²) in [6.45, 7) is -0.877. The number of amides is 2. The number of aliphatic hydroxyl groups is 3. The van der Waals surface area contributed by atoms with Gasteiger partial charge in [0.25, 0.3) is 15.9 Å². The molecule has 5 rings (SSSR count). The Hall–Kier alpha value is -4.85. The van der Waals surface area contributed by atoms with Crippen molar-refractivity contribution in [3.05, 3.63) is 59.9 Å². The Morgan fingerprint density at radius 2 is 1.81 bits per heavy atom. The van der Waals surface area contributed by atoms with E-state index in [1.54, 1.807) is 42.5 Å². The van der Waals surface area contributed by atoms with Crippen molar-refractivity contribution in [3.63, 3.8) is 0 Å². The van der Waals surface area contributed by atoms with Gasteiger partial charge in [-0.25, -0.2) is 28.0 Å². The molecule has 2 amide bonds. The standard InChI is InChI=1S/C31H38N8O13S2/c32-10-22-25(41)26(42)27(43)28(52-22)29(44)34-6-7-50-18-3-1-2-16(8-18)13-49-15-21(30(45)46)35-24(40)12-39-11-17(37-38-39)14-51-19-4-5-20-23(9-19)53-31(36-20)54(33,47)48/h1-5,8-9,11,21-22,25-28,41-43H,6-7,10,12-15,32H2,(H,34,44)(H,35,40)(H,45,46)(H2,33,47,48). The van der Waals surface area contributed by atoms with Crippen LogP contribution in [0.25, 0.3) is 10.2 Å². The van der Waals surface area contributed by atoms with Crippen LogP contribution in [0.1, 0.15) is 11.3 Å². The minimum Gasteiger partial charge on any atom is -0.492 e. The number of aliphatic carboxylic acids is 1. The van der Waals surface area contributed by atoms with Crippen LogP contribution < -0.4 is 31.0 Å². The van der Waals surface area contributed by atoms with Gasteiger partial charge in [0.05, 0.1) is 42.3 Å². The Morgan fingerprint density at radius 3 is 2.56 bits per heavy atom. The predicted molar refractivity (Wildman–Crippen MR) is 185 cm³/mol. The molecule has 2 aromatic carbocycles. The van der Waals surface area contributed by atoms with Crippen molar-refractivity contribution in [1.82, 2.24) is 30.6 Å². The van der Waals surface area contributed by atoms with Gasteiger partial charge in [0.1, 0.15) is 55.3 Å². The molecule has 6 atom stereocenters. The van der Waals surface area contributed by atoms with Crippen molar-refractivity contribution in [2.45, 2.75) is 60.7 Å². The molecule has 1 saturated heterocycles. The molecular formula is C31H38N8O13S2. The largest absolute Gasteiger partial charge is 0.492 e. The second kappa shape index (κ2) is 18.0. The van der Waals surface area contributed by atoms with Crippen LogP contribution in [0.3, 0.4) is 0 Å². The normalized spacial score (nSPS) is 20.6. The summed E-state index contributed by atoms with van der Waals surface area (Å²) in [5.74, 6) is -1.88. The number of thiazole rings is 1. The lowest BCUT2D eigenvalue weighted by molar-refractivity contribution is -0.218. The number of nitrogens with zero attached hydrogens (tertiary/aromatic N) is 4. The molecule has 292 valence electrons. The summed E-state index contributed by atoms with van der Waals surface area (Å²) in [5, 5.41) is 57.5. The SMILES string of the molecule is NCC1OC(C(=O)NCCOc2cccc(COCC(NC(=O)Cn3cc(COc4ccc5nc(S(N)(=O)=O)sc5c4)nn3)C(=O)O)c2)C(O)C(O)C1O. The lowest BCUT2D eigenvalue weighted by Gasteiger charge is -2.39. The van der Waals surface area contributed by atoms with Crippen molar-refractivity contribution in [3.8, 4) is 11.5 Å². The Labute approximate surface area is 310 Å². The highest BCUT2D eigenvalue weighted by molar-refractivity contribution is 7.91. The molecule has 0 radical (unpaired) electrons. The van der Waals surface area contributed by atoms with Crippen LogP contribution in [0, 0.1) is 0 Å². The van der Waals surface area contributed by atoms with Crippen molar-refractivity contribution >= 4 is 49.4 Å². The lowest BCUT2D eigenvalue weighted by atomic mass is 9.94. The quantitative estimate of drug-likeness (QED) is 0.0472. The highest BCUT2D eigenvalue weighted by Crippen LogP contribution is 2.28. The van der Waals surface area contributed by atoms with Gasteiger partial charge in [-0.05, 0) is 35.9 Å². The topological polar surface area (TPSA) is 323 Å². The molecule has 1 aliphatic heterocycles. The molecule has 1 aliphatic rings. The van der Waals surface area contributed by atoms with E-state index in [0.717, 1.165) is 11.3 Å². The number of carbonyl (C=O) groups is 3. The number of rotatable bonds is 18. The molecule has 4 aromatic rings. The van der Waals surface area contributed by atoms with Gasteiger partial charge < -0.3 is 55.7 Å². The van der Waals surface area contributed by atoms with Crippen molar-refractivity contribution < 1.29 is 62.2 Å². The van der Waals surface area contributed by atoms with Crippen LogP contribution in [-0.4, -0.2) is 129 Å². The maximum atomic E-state index is 12.6. The van der Waals surface area contributed by atoms with Gasteiger partial charge in [0, 0.05) is 6.54 Å².